The van der Waals surface area contributed by atoms with Crippen molar-refractivity contribution in [3.63, 3.8) is 0 Å². The first-order chi connectivity index (χ1) is 10.3. The zero-order chi connectivity index (χ0) is 16.3. The average Bonchev–Trinajstić information content (AvgIpc) is 3.26. The highest BCUT2D eigenvalue weighted by Gasteiger charge is 2.24. The number of rotatable bonds is 6. The summed E-state index contributed by atoms with van der Waals surface area (Å²) in [7, 11) is -1.28. The molecule has 1 aromatic carbocycles. The van der Waals surface area contributed by atoms with Crippen LogP contribution < -0.4 is 5.73 Å². The molecule has 1 fully saturated rings. The van der Waals surface area contributed by atoms with E-state index < -0.39 is 16.9 Å². The molecular formula is C17H24N2O2S. The van der Waals surface area contributed by atoms with Crippen LogP contribution in [0.3, 0.4) is 0 Å². The highest BCUT2D eigenvalue weighted by atomic mass is 32.2. The number of carbonyl (C=O) groups excluding carboxylic acids is 1. The Labute approximate surface area is 134 Å². The molecule has 120 valence electrons. The van der Waals surface area contributed by atoms with Crippen molar-refractivity contribution in [2.24, 2.45) is 16.0 Å². The van der Waals surface area contributed by atoms with Crippen LogP contribution in [0.1, 0.15) is 62.4 Å². The van der Waals surface area contributed by atoms with Gasteiger partial charge in [-0.3, -0.25) is 4.79 Å². The van der Waals surface area contributed by atoms with Crippen molar-refractivity contribution >= 4 is 22.6 Å². The number of nitrogens with two attached hydrogens (primary N) is 1. The van der Waals surface area contributed by atoms with Gasteiger partial charge < -0.3 is 5.73 Å². The first-order valence-electron chi connectivity index (χ1n) is 7.67. The molecule has 1 amide bonds. The number of carbonyl (C=O) groups is 1. The third-order valence-electron chi connectivity index (χ3n) is 3.71. The summed E-state index contributed by atoms with van der Waals surface area (Å²) in [5.74, 6) is 0.347. The second-order valence-corrected chi connectivity index (χ2v) is 8.73. The third kappa shape index (κ3) is 4.77. The summed E-state index contributed by atoms with van der Waals surface area (Å²) >= 11 is 0. The second-order valence-electron chi connectivity index (χ2n) is 6.82. The molecule has 22 heavy (non-hydrogen) atoms. The Balaban J connectivity index is 2.24. The summed E-state index contributed by atoms with van der Waals surface area (Å²) < 4.78 is 16.4. The van der Waals surface area contributed by atoms with Crippen LogP contribution in [-0.2, 0) is 11.0 Å². The van der Waals surface area contributed by atoms with Gasteiger partial charge in [0.15, 0.2) is 0 Å². The molecule has 0 radical (unpaired) electrons. The van der Waals surface area contributed by atoms with Crippen LogP contribution in [-0.4, -0.2) is 20.6 Å². The van der Waals surface area contributed by atoms with Gasteiger partial charge in [-0.2, -0.15) is 4.40 Å². The molecule has 5 heteroatoms. The van der Waals surface area contributed by atoms with Gasteiger partial charge in [0.2, 0.25) is 5.91 Å². The average molecular weight is 320 g/mol. The Hall–Kier alpha value is -1.49. The minimum atomic E-state index is -1.28. The molecule has 0 spiro atoms. The summed E-state index contributed by atoms with van der Waals surface area (Å²) in [5.41, 5.74) is 7.52. The van der Waals surface area contributed by atoms with Gasteiger partial charge in [-0.05, 0) is 57.2 Å². The Bertz CT molecular complexity index is 596. The van der Waals surface area contributed by atoms with Crippen molar-refractivity contribution in [3.05, 3.63) is 35.4 Å². The van der Waals surface area contributed by atoms with Crippen molar-refractivity contribution in [3.8, 4) is 0 Å². The van der Waals surface area contributed by atoms with Crippen molar-refractivity contribution in [2.75, 3.05) is 0 Å². The lowest BCUT2D eigenvalue weighted by Gasteiger charge is -2.15. The monoisotopic (exact) mass is 320 g/mol. The molecule has 0 bridgehead atoms. The molecule has 1 saturated carbocycles. The van der Waals surface area contributed by atoms with Crippen molar-refractivity contribution in [1.29, 1.82) is 0 Å². The maximum atomic E-state index is 12.3. The van der Waals surface area contributed by atoms with E-state index in [1.807, 2.05) is 32.9 Å². The van der Waals surface area contributed by atoms with Gasteiger partial charge in [-0.1, -0.05) is 25.0 Å². The van der Waals surface area contributed by atoms with E-state index in [9.17, 15) is 9.00 Å². The highest BCUT2D eigenvalue weighted by molar-refractivity contribution is 7.85. The zero-order valence-corrected chi connectivity index (χ0v) is 14.3. The molecule has 0 heterocycles. The van der Waals surface area contributed by atoms with E-state index in [0.29, 0.717) is 5.56 Å². The van der Waals surface area contributed by atoms with E-state index >= 15 is 0 Å². The number of hydrogen-bond donors (Lipinski definition) is 1. The van der Waals surface area contributed by atoms with E-state index in [0.717, 1.165) is 30.0 Å². The quantitative estimate of drug-likeness (QED) is 0.817. The fourth-order valence-corrected chi connectivity index (χ4v) is 2.72. The van der Waals surface area contributed by atoms with E-state index in [4.69, 9.17) is 5.73 Å². The van der Waals surface area contributed by atoms with Gasteiger partial charge in [-0.15, -0.1) is 0 Å². The first-order valence-corrected chi connectivity index (χ1v) is 8.78. The standard InChI is InChI=1S/C17H24N2O2S/c1-17(2,3)22(21)19-15(11-6-12-4-5-12)13-7-9-14(10-8-13)16(18)20/h7-10,12H,4-6,11H2,1-3H3,(H2,18,20). The summed E-state index contributed by atoms with van der Waals surface area (Å²) in [6, 6.07) is 7.08. The van der Waals surface area contributed by atoms with Gasteiger partial charge in [-0.25, -0.2) is 4.21 Å². The molecule has 1 aliphatic carbocycles. The van der Waals surface area contributed by atoms with Crippen LogP contribution >= 0.6 is 0 Å². The topological polar surface area (TPSA) is 72.5 Å². The van der Waals surface area contributed by atoms with Crippen molar-refractivity contribution in [2.45, 2.75) is 51.2 Å². The number of amides is 1. The molecule has 0 saturated heterocycles. The molecule has 0 aliphatic heterocycles. The van der Waals surface area contributed by atoms with Gasteiger partial charge in [0.1, 0.15) is 11.0 Å². The van der Waals surface area contributed by atoms with Crippen LogP contribution in [0.2, 0.25) is 0 Å². The predicted octanol–water partition coefficient (Wildman–Crippen LogP) is 3.23. The molecular weight excluding hydrogens is 296 g/mol. The van der Waals surface area contributed by atoms with Crippen LogP contribution in [0.15, 0.2) is 28.7 Å². The third-order valence-corrected chi connectivity index (χ3v) is 5.14. The largest absolute Gasteiger partial charge is 0.366 e. The molecule has 2 N–H and O–H groups in total. The van der Waals surface area contributed by atoms with Gasteiger partial charge in [0, 0.05) is 5.56 Å². The molecule has 1 atom stereocenters. The van der Waals surface area contributed by atoms with Crippen LogP contribution in [0.4, 0.5) is 0 Å². The first kappa shape index (κ1) is 16.9. The predicted molar refractivity (Wildman–Crippen MR) is 91.4 cm³/mol. The fourth-order valence-electron chi connectivity index (χ4n) is 2.05. The molecule has 0 aromatic heterocycles. The maximum absolute atomic E-state index is 12.3. The Morgan fingerprint density at radius 1 is 1.23 bits per heavy atom. The smallest absolute Gasteiger partial charge is 0.248 e. The normalized spacial score (nSPS) is 17.3. The molecule has 1 aromatic rings. The maximum Gasteiger partial charge on any atom is 0.248 e. The SMILES string of the molecule is CC(C)(C)S(=O)N=C(CCC1CC1)c1ccc(C(N)=O)cc1. The van der Waals surface area contributed by atoms with E-state index in [1.165, 1.54) is 12.8 Å². The lowest BCUT2D eigenvalue weighted by Crippen LogP contribution is -2.21. The molecule has 1 aliphatic rings. The van der Waals surface area contributed by atoms with Crippen LogP contribution in [0.25, 0.3) is 0 Å². The number of nitrogens with zero attached hydrogens (tertiary/aromatic N) is 1. The van der Waals surface area contributed by atoms with E-state index in [2.05, 4.69) is 4.40 Å². The number of hydrogen-bond acceptors (Lipinski definition) is 2. The summed E-state index contributed by atoms with van der Waals surface area (Å²) in [5, 5.41) is 0. The van der Waals surface area contributed by atoms with Crippen LogP contribution in [0, 0.1) is 5.92 Å². The summed E-state index contributed by atoms with van der Waals surface area (Å²) in [4.78, 5) is 11.2. The highest BCUT2D eigenvalue weighted by Crippen LogP contribution is 2.34. The Kier molecular flexibility index (Phi) is 5.16. The second kappa shape index (κ2) is 6.73. The lowest BCUT2D eigenvalue weighted by atomic mass is 10.0. The minimum Gasteiger partial charge on any atom is -0.366 e. The minimum absolute atomic E-state index is 0.377. The Morgan fingerprint density at radius 2 is 1.77 bits per heavy atom. The fraction of sp³-hybridized carbons (Fsp3) is 0.529. The number of benzene rings is 1. The lowest BCUT2D eigenvalue weighted by molar-refractivity contribution is 0.100. The number of primary amides is 1. The van der Waals surface area contributed by atoms with E-state index in [-0.39, 0.29) is 4.75 Å². The summed E-state index contributed by atoms with van der Waals surface area (Å²) in [6.07, 6.45) is 4.48. The van der Waals surface area contributed by atoms with Gasteiger partial charge >= 0.3 is 0 Å². The van der Waals surface area contributed by atoms with E-state index in [1.54, 1.807) is 12.1 Å². The zero-order valence-electron chi connectivity index (χ0n) is 13.5. The van der Waals surface area contributed by atoms with Crippen molar-refractivity contribution in [1.82, 2.24) is 0 Å². The summed E-state index contributed by atoms with van der Waals surface area (Å²) in [6.45, 7) is 5.75. The molecule has 1 unspecified atom stereocenters. The van der Waals surface area contributed by atoms with Crippen LogP contribution in [0.5, 0.6) is 0 Å². The van der Waals surface area contributed by atoms with Crippen molar-refractivity contribution < 1.29 is 9.00 Å². The molecule has 4 nitrogen and oxygen atoms in total. The van der Waals surface area contributed by atoms with Gasteiger partial charge in [0.05, 0.1) is 10.5 Å². The van der Waals surface area contributed by atoms with Gasteiger partial charge in [0.25, 0.3) is 0 Å². The Morgan fingerprint density at radius 3 is 2.23 bits per heavy atom. The molecule has 2 rings (SSSR count).